The standard InChI is InChI=1S/C46H59NO12S/c1-7-40-32(3)41(54-27-33-13-19-37(51-4)20-14-33)26-47(40)25-31(2)43(59-60(48,49)50)45(56-29-35-17-23-39(53-6)24-18-35)44-42(55-28-34-15-21-38(52-5)22-16-34)30-57-46(58-44)36-11-9-8-10-12-36/h8-24,31-32,40-46H,7,25-30H2,1-6H3,(H,48,49,50)/t31-,32-,40-,41-,42+,43-,44-,45+,46?/m1/s1. The number of nitrogens with zero attached hydrogens (tertiary/aromatic N) is 1. The van der Waals surface area contributed by atoms with E-state index in [2.05, 4.69) is 18.7 Å². The Kier molecular flexibility index (Phi) is 16.4. The van der Waals surface area contributed by atoms with Crippen LogP contribution in [0.25, 0.3) is 0 Å². The largest absolute Gasteiger partial charge is 0.497 e. The van der Waals surface area contributed by atoms with Gasteiger partial charge in [-0.15, -0.1) is 0 Å². The van der Waals surface area contributed by atoms with Crippen LogP contribution in [0.4, 0.5) is 0 Å². The monoisotopic (exact) mass is 849 g/mol. The van der Waals surface area contributed by atoms with Crippen LogP contribution >= 0.6 is 0 Å². The minimum Gasteiger partial charge on any atom is -0.497 e. The van der Waals surface area contributed by atoms with Crippen molar-refractivity contribution in [3.8, 4) is 17.2 Å². The highest BCUT2D eigenvalue weighted by atomic mass is 32.3. The molecular formula is C46H59NO12S. The first kappa shape index (κ1) is 45.4. The Labute approximate surface area is 354 Å². The Bertz CT molecular complexity index is 1980. The highest BCUT2D eigenvalue weighted by molar-refractivity contribution is 7.80. The lowest BCUT2D eigenvalue weighted by Crippen LogP contribution is -2.56. The Morgan fingerprint density at radius 1 is 0.750 bits per heavy atom. The fourth-order valence-electron chi connectivity index (χ4n) is 8.15. The molecule has 2 aliphatic rings. The van der Waals surface area contributed by atoms with E-state index in [-0.39, 0.29) is 37.9 Å². The van der Waals surface area contributed by atoms with Crippen LogP contribution in [0.2, 0.25) is 0 Å². The molecule has 13 nitrogen and oxygen atoms in total. The molecule has 9 atom stereocenters. The lowest BCUT2D eigenvalue weighted by atomic mass is 9.91. The van der Waals surface area contributed by atoms with Crippen molar-refractivity contribution in [1.82, 2.24) is 4.90 Å². The lowest BCUT2D eigenvalue weighted by molar-refractivity contribution is -0.299. The zero-order chi connectivity index (χ0) is 42.6. The number of benzene rings is 4. The van der Waals surface area contributed by atoms with Gasteiger partial charge in [0.1, 0.15) is 41.7 Å². The maximum Gasteiger partial charge on any atom is 0.397 e. The average molecular weight is 850 g/mol. The Hall–Kier alpha value is -4.09. The molecule has 0 aromatic heterocycles. The Morgan fingerprint density at radius 2 is 1.27 bits per heavy atom. The first-order valence-corrected chi connectivity index (χ1v) is 21.8. The van der Waals surface area contributed by atoms with E-state index in [1.165, 1.54) is 0 Å². The van der Waals surface area contributed by atoms with Crippen molar-refractivity contribution in [2.75, 3.05) is 41.0 Å². The van der Waals surface area contributed by atoms with Crippen LogP contribution in [-0.4, -0.2) is 95.5 Å². The molecule has 1 unspecified atom stereocenters. The number of hydrogen-bond acceptors (Lipinski definition) is 12. The normalized spacial score (nSPS) is 23.8. The van der Waals surface area contributed by atoms with Gasteiger partial charge in [0.2, 0.25) is 0 Å². The van der Waals surface area contributed by atoms with Gasteiger partial charge in [0.25, 0.3) is 0 Å². The summed E-state index contributed by atoms with van der Waals surface area (Å²) < 4.78 is 90.7. The minimum atomic E-state index is -5.00. The highest BCUT2D eigenvalue weighted by Gasteiger charge is 2.48. The number of methoxy groups -OCH3 is 3. The van der Waals surface area contributed by atoms with Crippen molar-refractivity contribution in [3.63, 3.8) is 0 Å². The molecule has 2 aliphatic heterocycles. The summed E-state index contributed by atoms with van der Waals surface area (Å²) in [6, 6.07) is 32.4. The number of likely N-dealkylation sites (tertiary alicyclic amines) is 1. The van der Waals surface area contributed by atoms with Gasteiger partial charge in [-0.05, 0) is 71.3 Å². The second kappa shape index (κ2) is 21.6. The van der Waals surface area contributed by atoms with Crippen molar-refractivity contribution in [1.29, 1.82) is 0 Å². The van der Waals surface area contributed by atoms with Gasteiger partial charge in [0, 0.05) is 24.7 Å². The third-order valence-electron chi connectivity index (χ3n) is 11.4. The summed E-state index contributed by atoms with van der Waals surface area (Å²) in [6.07, 6.45) is -4.01. The summed E-state index contributed by atoms with van der Waals surface area (Å²) in [5.74, 6) is 1.84. The summed E-state index contributed by atoms with van der Waals surface area (Å²) in [4.78, 5) is 2.32. The summed E-state index contributed by atoms with van der Waals surface area (Å²) in [7, 11) is -0.153. The molecule has 6 rings (SSSR count). The molecule has 60 heavy (non-hydrogen) atoms. The van der Waals surface area contributed by atoms with Gasteiger partial charge in [-0.2, -0.15) is 8.42 Å². The first-order valence-electron chi connectivity index (χ1n) is 20.4. The van der Waals surface area contributed by atoms with Gasteiger partial charge in [-0.3, -0.25) is 9.45 Å². The van der Waals surface area contributed by atoms with E-state index in [0.717, 1.165) is 34.4 Å². The van der Waals surface area contributed by atoms with Crippen LogP contribution in [0.1, 0.15) is 55.7 Å². The van der Waals surface area contributed by atoms with Crippen molar-refractivity contribution < 1.29 is 55.0 Å². The Balaban J connectivity index is 1.30. The fourth-order valence-corrected chi connectivity index (χ4v) is 8.73. The summed E-state index contributed by atoms with van der Waals surface area (Å²) >= 11 is 0. The van der Waals surface area contributed by atoms with Gasteiger partial charge >= 0.3 is 10.4 Å². The summed E-state index contributed by atoms with van der Waals surface area (Å²) in [5, 5.41) is 0. The third kappa shape index (κ3) is 12.3. The molecule has 0 aliphatic carbocycles. The molecule has 1 N–H and O–H groups in total. The summed E-state index contributed by atoms with van der Waals surface area (Å²) in [5.41, 5.74) is 3.49. The van der Waals surface area contributed by atoms with Gasteiger partial charge in [-0.25, -0.2) is 4.18 Å². The SMILES string of the molecule is CC[C@@H]1[C@@H](C)[C@H](OCc2ccc(OC)cc2)CN1C[C@@H](C)[C@@H](OS(=O)(=O)O)[C@H](OCc1ccc(OC)cc1)[C@@H]1OC(c2ccccc2)OC[C@@H]1OCc1ccc(OC)cc1. The molecule has 4 aromatic carbocycles. The molecule has 0 saturated carbocycles. The average Bonchev–Trinajstić information content (AvgIpc) is 3.57. The van der Waals surface area contributed by atoms with E-state index in [4.69, 9.17) is 42.1 Å². The van der Waals surface area contributed by atoms with Crippen LogP contribution in [0.5, 0.6) is 17.2 Å². The van der Waals surface area contributed by atoms with E-state index in [0.29, 0.717) is 31.2 Å². The topological polar surface area (TPSA) is 141 Å². The zero-order valence-corrected chi connectivity index (χ0v) is 36.1. The second-order valence-electron chi connectivity index (χ2n) is 15.4. The smallest absolute Gasteiger partial charge is 0.397 e. The Morgan fingerprint density at radius 3 is 1.77 bits per heavy atom. The second-order valence-corrected chi connectivity index (χ2v) is 16.5. The van der Waals surface area contributed by atoms with E-state index in [1.807, 2.05) is 110 Å². The molecular weight excluding hydrogens is 791 g/mol. The maximum atomic E-state index is 12.8. The number of hydrogen-bond donors (Lipinski definition) is 1. The van der Waals surface area contributed by atoms with Gasteiger partial charge in [-0.1, -0.05) is 87.5 Å². The van der Waals surface area contributed by atoms with Crippen LogP contribution in [0.15, 0.2) is 103 Å². The van der Waals surface area contributed by atoms with Gasteiger partial charge in [0.05, 0.1) is 53.9 Å². The molecule has 0 amide bonds. The molecule has 2 heterocycles. The third-order valence-corrected chi connectivity index (χ3v) is 11.9. The number of ether oxygens (including phenoxy) is 8. The lowest BCUT2D eigenvalue weighted by Gasteiger charge is -2.43. The van der Waals surface area contributed by atoms with E-state index in [1.54, 1.807) is 21.3 Å². The van der Waals surface area contributed by atoms with E-state index < -0.39 is 47.0 Å². The van der Waals surface area contributed by atoms with Crippen LogP contribution in [-0.2, 0) is 58.1 Å². The van der Waals surface area contributed by atoms with Gasteiger partial charge < -0.3 is 37.9 Å². The van der Waals surface area contributed by atoms with Crippen LogP contribution < -0.4 is 14.2 Å². The fraction of sp³-hybridized carbons (Fsp3) is 0.478. The van der Waals surface area contributed by atoms with E-state index >= 15 is 0 Å². The van der Waals surface area contributed by atoms with Crippen molar-refractivity contribution in [2.45, 2.75) is 89.9 Å². The summed E-state index contributed by atoms with van der Waals surface area (Å²) in [6.45, 7) is 8.07. The van der Waals surface area contributed by atoms with Gasteiger partial charge in [0.15, 0.2) is 6.29 Å². The molecule has 2 fully saturated rings. The predicted octanol–water partition coefficient (Wildman–Crippen LogP) is 7.44. The molecule has 0 bridgehead atoms. The quantitative estimate of drug-likeness (QED) is 0.0832. The van der Waals surface area contributed by atoms with Crippen molar-refractivity contribution in [2.24, 2.45) is 11.8 Å². The minimum absolute atomic E-state index is 0.0637. The molecule has 2 saturated heterocycles. The highest BCUT2D eigenvalue weighted by Crippen LogP contribution is 2.36. The molecule has 4 aromatic rings. The molecule has 0 spiro atoms. The molecule has 14 heteroatoms. The van der Waals surface area contributed by atoms with Crippen molar-refractivity contribution in [3.05, 3.63) is 125 Å². The number of rotatable bonds is 21. The predicted molar refractivity (Wildman–Crippen MR) is 225 cm³/mol. The van der Waals surface area contributed by atoms with E-state index in [9.17, 15) is 13.0 Å². The van der Waals surface area contributed by atoms with Crippen LogP contribution in [0, 0.1) is 11.8 Å². The maximum absolute atomic E-state index is 12.8. The zero-order valence-electron chi connectivity index (χ0n) is 35.3. The first-order chi connectivity index (χ1) is 29.0. The molecule has 0 radical (unpaired) electrons. The van der Waals surface area contributed by atoms with Crippen molar-refractivity contribution >= 4 is 10.4 Å². The molecule has 326 valence electrons. The van der Waals surface area contributed by atoms with Crippen LogP contribution in [0.3, 0.4) is 0 Å².